The van der Waals surface area contributed by atoms with E-state index in [4.69, 9.17) is 9.84 Å². The Morgan fingerprint density at radius 3 is 2.29 bits per heavy atom. The van der Waals surface area contributed by atoms with Crippen molar-refractivity contribution in [1.82, 2.24) is 10.2 Å². The summed E-state index contributed by atoms with van der Waals surface area (Å²) in [4.78, 5) is 37.4. The van der Waals surface area contributed by atoms with Crippen LogP contribution < -0.4 is 5.32 Å². The third kappa shape index (κ3) is 4.26. The van der Waals surface area contributed by atoms with Crippen LogP contribution in [0, 0.1) is 11.8 Å². The van der Waals surface area contributed by atoms with Crippen molar-refractivity contribution in [1.29, 1.82) is 0 Å². The van der Waals surface area contributed by atoms with Gasteiger partial charge in [0.15, 0.2) is 0 Å². The Bertz CT molecular complexity index is 959. The summed E-state index contributed by atoms with van der Waals surface area (Å²) in [6.45, 7) is 2.74. The van der Waals surface area contributed by atoms with Crippen molar-refractivity contribution < 1.29 is 24.2 Å². The number of nitrogens with zero attached hydrogens (tertiary/aromatic N) is 1. The number of fused-ring (bicyclic) bond motifs is 3. The quantitative estimate of drug-likeness (QED) is 0.746. The van der Waals surface area contributed by atoms with E-state index >= 15 is 0 Å². The topological polar surface area (TPSA) is 95.9 Å². The number of hydrogen-bond donors (Lipinski definition) is 2. The van der Waals surface area contributed by atoms with E-state index in [0.717, 1.165) is 22.3 Å². The average Bonchev–Trinajstić information content (AvgIpc) is 3.39. The second-order valence-electron chi connectivity index (χ2n) is 8.22. The number of carbonyl (C=O) groups excluding carboxylic acids is 2. The van der Waals surface area contributed by atoms with Gasteiger partial charge in [0.1, 0.15) is 6.61 Å². The molecule has 31 heavy (non-hydrogen) atoms. The highest BCUT2D eigenvalue weighted by Gasteiger charge is 2.33. The zero-order valence-electron chi connectivity index (χ0n) is 17.4. The monoisotopic (exact) mass is 422 g/mol. The van der Waals surface area contributed by atoms with Gasteiger partial charge in [0.05, 0.1) is 11.8 Å². The SMILES string of the molecule is CC(CNC(=O)OCC1c2ccccc2-c2ccccc21)C(=O)N1CCC(C(=O)O)C1. The summed E-state index contributed by atoms with van der Waals surface area (Å²) in [5.41, 5.74) is 4.61. The second-order valence-corrected chi connectivity index (χ2v) is 8.22. The number of carboxylic acid groups (broad SMARTS) is 1. The van der Waals surface area contributed by atoms with E-state index < -0.39 is 23.9 Å². The molecule has 1 heterocycles. The van der Waals surface area contributed by atoms with Gasteiger partial charge in [0.2, 0.25) is 5.91 Å². The molecule has 0 spiro atoms. The standard InChI is InChI=1S/C24H26N2O5/c1-15(22(27)26-11-10-16(13-26)23(28)29)12-25-24(30)31-14-21-19-8-4-2-6-17(19)18-7-3-5-9-20(18)21/h2-9,15-16,21H,10-14H2,1H3,(H,25,30)(H,28,29). The molecule has 2 amide bonds. The van der Waals surface area contributed by atoms with E-state index in [1.54, 1.807) is 11.8 Å². The molecule has 1 saturated heterocycles. The fraction of sp³-hybridized carbons (Fsp3) is 0.375. The van der Waals surface area contributed by atoms with Crippen molar-refractivity contribution >= 4 is 18.0 Å². The van der Waals surface area contributed by atoms with Crippen LogP contribution in [0.2, 0.25) is 0 Å². The van der Waals surface area contributed by atoms with Gasteiger partial charge >= 0.3 is 12.1 Å². The van der Waals surface area contributed by atoms with Crippen molar-refractivity contribution in [2.45, 2.75) is 19.3 Å². The van der Waals surface area contributed by atoms with Crippen LogP contribution in [0.5, 0.6) is 0 Å². The molecule has 0 aromatic heterocycles. The van der Waals surface area contributed by atoms with E-state index in [1.807, 2.05) is 24.3 Å². The molecule has 0 bridgehead atoms. The Hall–Kier alpha value is -3.35. The molecule has 2 N–H and O–H groups in total. The zero-order chi connectivity index (χ0) is 22.0. The predicted octanol–water partition coefficient (Wildman–Crippen LogP) is 3.09. The van der Waals surface area contributed by atoms with Gasteiger partial charge < -0.3 is 20.1 Å². The molecule has 2 aliphatic rings. The fourth-order valence-electron chi connectivity index (χ4n) is 4.45. The van der Waals surface area contributed by atoms with E-state index in [0.29, 0.717) is 13.0 Å². The van der Waals surface area contributed by atoms with Crippen LogP contribution in [-0.2, 0) is 14.3 Å². The Morgan fingerprint density at radius 2 is 1.71 bits per heavy atom. The molecule has 0 saturated carbocycles. The third-order valence-corrected chi connectivity index (χ3v) is 6.17. The minimum atomic E-state index is -0.875. The normalized spacial score (nSPS) is 18.2. The zero-order valence-corrected chi connectivity index (χ0v) is 17.4. The molecule has 0 radical (unpaired) electrons. The highest BCUT2D eigenvalue weighted by Crippen LogP contribution is 2.44. The second kappa shape index (κ2) is 8.79. The van der Waals surface area contributed by atoms with Crippen LogP contribution in [0.25, 0.3) is 11.1 Å². The summed E-state index contributed by atoms with van der Waals surface area (Å²) in [5.74, 6) is -2.00. The maximum atomic E-state index is 12.5. The average molecular weight is 422 g/mol. The molecule has 2 unspecified atom stereocenters. The molecular weight excluding hydrogens is 396 g/mol. The van der Waals surface area contributed by atoms with E-state index in [1.165, 1.54) is 0 Å². The smallest absolute Gasteiger partial charge is 0.407 e. The molecule has 1 aliphatic carbocycles. The minimum absolute atomic E-state index is 0.0187. The summed E-state index contributed by atoms with van der Waals surface area (Å²) in [6, 6.07) is 16.2. The first kappa shape index (κ1) is 20.9. The summed E-state index contributed by atoms with van der Waals surface area (Å²) in [5, 5.41) is 11.8. The van der Waals surface area contributed by atoms with Gasteiger partial charge in [-0.25, -0.2) is 4.79 Å². The van der Waals surface area contributed by atoms with Gasteiger partial charge in [-0.1, -0.05) is 55.5 Å². The van der Waals surface area contributed by atoms with Gasteiger partial charge in [-0.2, -0.15) is 0 Å². The van der Waals surface area contributed by atoms with Crippen LogP contribution in [-0.4, -0.2) is 54.2 Å². The highest BCUT2D eigenvalue weighted by molar-refractivity contribution is 5.81. The summed E-state index contributed by atoms with van der Waals surface area (Å²) in [6.07, 6.45) is -0.0977. The first-order chi connectivity index (χ1) is 15.0. The number of amides is 2. The van der Waals surface area contributed by atoms with E-state index in [2.05, 4.69) is 29.6 Å². The number of nitrogens with one attached hydrogen (secondary N) is 1. The van der Waals surface area contributed by atoms with Crippen LogP contribution in [0.3, 0.4) is 0 Å². The lowest BCUT2D eigenvalue weighted by atomic mass is 9.98. The van der Waals surface area contributed by atoms with Gasteiger partial charge in [0, 0.05) is 25.6 Å². The van der Waals surface area contributed by atoms with Crippen molar-refractivity contribution in [3.63, 3.8) is 0 Å². The number of carboxylic acids is 1. The minimum Gasteiger partial charge on any atom is -0.481 e. The van der Waals surface area contributed by atoms with Crippen LogP contribution in [0.15, 0.2) is 48.5 Å². The predicted molar refractivity (Wildman–Crippen MR) is 115 cm³/mol. The van der Waals surface area contributed by atoms with Gasteiger partial charge in [-0.05, 0) is 28.7 Å². The van der Waals surface area contributed by atoms with Crippen molar-refractivity contribution in [2.24, 2.45) is 11.8 Å². The third-order valence-electron chi connectivity index (χ3n) is 6.17. The van der Waals surface area contributed by atoms with E-state index in [9.17, 15) is 14.4 Å². The number of likely N-dealkylation sites (tertiary alicyclic amines) is 1. The number of benzene rings is 2. The summed E-state index contributed by atoms with van der Waals surface area (Å²) in [7, 11) is 0. The van der Waals surface area contributed by atoms with Gasteiger partial charge in [0.25, 0.3) is 0 Å². The molecule has 7 nitrogen and oxygen atoms in total. The molecule has 162 valence electrons. The first-order valence-corrected chi connectivity index (χ1v) is 10.6. The van der Waals surface area contributed by atoms with Crippen molar-refractivity contribution in [3.8, 4) is 11.1 Å². The number of aliphatic carboxylic acids is 1. The van der Waals surface area contributed by atoms with E-state index in [-0.39, 0.29) is 31.5 Å². The largest absolute Gasteiger partial charge is 0.481 e. The van der Waals surface area contributed by atoms with Crippen LogP contribution >= 0.6 is 0 Å². The molecule has 2 aromatic carbocycles. The summed E-state index contributed by atoms with van der Waals surface area (Å²) >= 11 is 0. The summed E-state index contributed by atoms with van der Waals surface area (Å²) < 4.78 is 5.49. The van der Waals surface area contributed by atoms with Crippen molar-refractivity contribution in [2.75, 3.05) is 26.2 Å². The molecule has 4 rings (SSSR count). The molecule has 1 aliphatic heterocycles. The number of ether oxygens (including phenoxy) is 1. The number of hydrogen-bond acceptors (Lipinski definition) is 4. The molecule has 7 heteroatoms. The Kier molecular flexibility index (Phi) is 5.93. The Balaban J connectivity index is 1.29. The number of alkyl carbamates (subject to hydrolysis) is 1. The van der Waals surface area contributed by atoms with Gasteiger partial charge in [-0.15, -0.1) is 0 Å². The Labute approximate surface area is 181 Å². The van der Waals surface area contributed by atoms with Crippen LogP contribution in [0.4, 0.5) is 4.79 Å². The molecule has 2 aromatic rings. The maximum absolute atomic E-state index is 12.5. The van der Waals surface area contributed by atoms with Crippen LogP contribution in [0.1, 0.15) is 30.4 Å². The molecular formula is C24H26N2O5. The molecule has 1 fully saturated rings. The first-order valence-electron chi connectivity index (χ1n) is 10.6. The Morgan fingerprint density at radius 1 is 1.10 bits per heavy atom. The number of carbonyl (C=O) groups is 3. The van der Waals surface area contributed by atoms with Crippen molar-refractivity contribution in [3.05, 3.63) is 59.7 Å². The number of rotatable bonds is 6. The lowest BCUT2D eigenvalue weighted by molar-refractivity contribution is -0.141. The van der Waals surface area contributed by atoms with Gasteiger partial charge in [-0.3, -0.25) is 9.59 Å². The lowest BCUT2D eigenvalue weighted by Crippen LogP contribution is -2.40. The lowest BCUT2D eigenvalue weighted by Gasteiger charge is -2.21. The maximum Gasteiger partial charge on any atom is 0.407 e. The fourth-order valence-corrected chi connectivity index (χ4v) is 4.45. The molecule has 2 atom stereocenters. The highest BCUT2D eigenvalue weighted by atomic mass is 16.5.